The highest BCUT2D eigenvalue weighted by Crippen LogP contribution is 2.27. The lowest BCUT2D eigenvalue weighted by Gasteiger charge is -2.23. The Morgan fingerprint density at radius 2 is 2.19 bits per heavy atom. The van der Waals surface area contributed by atoms with Crippen molar-refractivity contribution in [2.75, 3.05) is 13.7 Å². The number of likely N-dealkylation sites (tertiary alicyclic amines) is 1. The number of amides is 1. The molecule has 3 aromatic rings. The summed E-state index contributed by atoms with van der Waals surface area (Å²) in [5.41, 5.74) is 0.383. The van der Waals surface area contributed by atoms with Gasteiger partial charge in [0, 0.05) is 29.5 Å². The van der Waals surface area contributed by atoms with E-state index >= 15 is 0 Å². The molecule has 1 fully saturated rings. The van der Waals surface area contributed by atoms with Crippen LogP contribution in [0, 0.1) is 17.1 Å². The standard InChI is InChI=1S/C22H18BrFN4O4/c1-32-18-5-4-14(9-17(18)24)28-19(10-13-3-2-6-27(13)22(30)31)26-20-15(21(28)29)7-12(11-25)8-16(20)23/h4-5,7-9,13H,2-3,6,10H2,1H3,(H,30,31)/t13-/m1/s1. The fraction of sp³-hybridized carbons (Fsp3) is 0.273. The third-order valence-corrected chi connectivity index (χ3v) is 6.16. The van der Waals surface area contributed by atoms with E-state index in [-0.39, 0.29) is 34.8 Å². The first-order valence-corrected chi connectivity index (χ1v) is 10.6. The highest BCUT2D eigenvalue weighted by Gasteiger charge is 2.30. The Hall–Kier alpha value is -3.45. The van der Waals surface area contributed by atoms with Crippen molar-refractivity contribution < 1.29 is 19.0 Å². The first-order chi connectivity index (χ1) is 15.3. The number of carboxylic acid groups (broad SMARTS) is 1. The molecule has 10 heteroatoms. The molecule has 4 rings (SSSR count). The Morgan fingerprint density at radius 3 is 2.84 bits per heavy atom. The van der Waals surface area contributed by atoms with Crippen molar-refractivity contribution >= 4 is 32.9 Å². The number of aromatic nitrogens is 2. The molecular weight excluding hydrogens is 483 g/mol. The van der Waals surface area contributed by atoms with E-state index in [1.165, 1.54) is 40.8 Å². The molecule has 32 heavy (non-hydrogen) atoms. The number of fused-ring (bicyclic) bond motifs is 1. The zero-order valence-electron chi connectivity index (χ0n) is 17.0. The van der Waals surface area contributed by atoms with Crippen molar-refractivity contribution in [2.45, 2.75) is 25.3 Å². The summed E-state index contributed by atoms with van der Waals surface area (Å²) in [6.45, 7) is 0.407. The van der Waals surface area contributed by atoms with Crippen LogP contribution in [-0.2, 0) is 6.42 Å². The largest absolute Gasteiger partial charge is 0.494 e. The SMILES string of the molecule is COc1ccc(-n2c(C[C@H]3CCCN3C(=O)O)nc3c(Br)cc(C#N)cc3c2=O)cc1F. The van der Waals surface area contributed by atoms with E-state index in [0.29, 0.717) is 35.2 Å². The molecule has 0 radical (unpaired) electrons. The van der Waals surface area contributed by atoms with Crippen molar-refractivity contribution in [1.82, 2.24) is 14.5 Å². The minimum atomic E-state index is -1.03. The second-order valence-corrected chi connectivity index (χ2v) is 8.28. The van der Waals surface area contributed by atoms with Gasteiger partial charge in [-0.25, -0.2) is 14.2 Å². The minimum Gasteiger partial charge on any atom is -0.494 e. The number of methoxy groups -OCH3 is 1. The number of nitrogens with zero attached hydrogens (tertiary/aromatic N) is 4. The maximum Gasteiger partial charge on any atom is 0.407 e. The van der Waals surface area contributed by atoms with E-state index in [4.69, 9.17) is 4.74 Å². The van der Waals surface area contributed by atoms with Gasteiger partial charge in [-0.1, -0.05) is 0 Å². The summed E-state index contributed by atoms with van der Waals surface area (Å²) >= 11 is 3.37. The van der Waals surface area contributed by atoms with E-state index in [9.17, 15) is 24.3 Å². The number of halogens is 2. The maximum atomic E-state index is 14.5. The van der Waals surface area contributed by atoms with Gasteiger partial charge in [-0.05, 0) is 53.0 Å². The van der Waals surface area contributed by atoms with E-state index in [1.54, 1.807) is 6.07 Å². The van der Waals surface area contributed by atoms with Crippen molar-refractivity contribution in [1.29, 1.82) is 5.26 Å². The number of nitriles is 1. The van der Waals surface area contributed by atoms with Crippen LogP contribution >= 0.6 is 15.9 Å². The highest BCUT2D eigenvalue weighted by atomic mass is 79.9. The molecule has 1 atom stereocenters. The summed E-state index contributed by atoms with van der Waals surface area (Å²) in [6, 6.07) is 8.77. The average molecular weight is 501 g/mol. The Labute approximate surface area is 190 Å². The van der Waals surface area contributed by atoms with E-state index in [2.05, 4.69) is 20.9 Å². The normalized spacial score (nSPS) is 15.7. The lowest BCUT2D eigenvalue weighted by molar-refractivity contribution is 0.139. The van der Waals surface area contributed by atoms with Gasteiger partial charge >= 0.3 is 6.09 Å². The molecule has 2 aromatic carbocycles. The fourth-order valence-corrected chi connectivity index (χ4v) is 4.61. The molecule has 0 saturated carbocycles. The summed E-state index contributed by atoms with van der Waals surface area (Å²) in [4.78, 5) is 31.1. The molecule has 0 unspecified atom stereocenters. The minimum absolute atomic E-state index is 0.0273. The average Bonchev–Trinajstić information content (AvgIpc) is 3.23. The van der Waals surface area contributed by atoms with Crippen molar-refractivity contribution in [2.24, 2.45) is 0 Å². The van der Waals surface area contributed by atoms with E-state index in [1.807, 2.05) is 6.07 Å². The molecule has 1 amide bonds. The molecule has 1 aromatic heterocycles. The van der Waals surface area contributed by atoms with Crippen molar-refractivity contribution in [3.8, 4) is 17.5 Å². The summed E-state index contributed by atoms with van der Waals surface area (Å²) < 4.78 is 21.2. The van der Waals surface area contributed by atoms with Gasteiger partial charge in [0.1, 0.15) is 5.82 Å². The van der Waals surface area contributed by atoms with Gasteiger partial charge in [-0.2, -0.15) is 5.26 Å². The first kappa shape index (κ1) is 21.8. The van der Waals surface area contributed by atoms with Gasteiger partial charge in [0.15, 0.2) is 11.6 Å². The van der Waals surface area contributed by atoms with Crippen LogP contribution in [0.5, 0.6) is 5.75 Å². The van der Waals surface area contributed by atoms with Crippen LogP contribution < -0.4 is 10.3 Å². The maximum absolute atomic E-state index is 14.5. The van der Waals surface area contributed by atoms with Crippen LogP contribution in [0.2, 0.25) is 0 Å². The quantitative estimate of drug-likeness (QED) is 0.582. The van der Waals surface area contributed by atoms with Gasteiger partial charge in [0.05, 0.1) is 35.3 Å². The van der Waals surface area contributed by atoms with E-state index in [0.717, 1.165) is 0 Å². The number of ether oxygens (including phenoxy) is 1. The topological polar surface area (TPSA) is 108 Å². The van der Waals surface area contributed by atoms with Crippen molar-refractivity contribution in [3.05, 3.63) is 62.4 Å². The number of hydrogen-bond donors (Lipinski definition) is 1. The zero-order valence-corrected chi connectivity index (χ0v) is 18.6. The highest BCUT2D eigenvalue weighted by molar-refractivity contribution is 9.10. The fourth-order valence-electron chi connectivity index (χ4n) is 4.07. The molecule has 0 spiro atoms. The second kappa shape index (κ2) is 8.59. The van der Waals surface area contributed by atoms with Gasteiger partial charge in [-0.3, -0.25) is 9.36 Å². The molecule has 1 aliphatic rings. The lowest BCUT2D eigenvalue weighted by atomic mass is 10.1. The number of rotatable bonds is 4. The lowest BCUT2D eigenvalue weighted by Crippen LogP contribution is -2.37. The molecule has 0 bridgehead atoms. The summed E-state index contributed by atoms with van der Waals surface area (Å²) in [5.74, 6) is -0.321. The summed E-state index contributed by atoms with van der Waals surface area (Å²) in [7, 11) is 1.34. The van der Waals surface area contributed by atoms with Gasteiger partial charge in [0.2, 0.25) is 0 Å². The first-order valence-electron chi connectivity index (χ1n) is 9.82. The molecule has 1 aliphatic heterocycles. The summed E-state index contributed by atoms with van der Waals surface area (Å²) in [6.07, 6.45) is 0.488. The smallest absolute Gasteiger partial charge is 0.407 e. The molecule has 1 saturated heterocycles. The molecule has 1 N–H and O–H groups in total. The molecular formula is C22H18BrFN4O4. The molecule has 164 valence electrons. The number of carbonyl (C=O) groups is 1. The van der Waals surface area contributed by atoms with Crippen LogP contribution in [0.4, 0.5) is 9.18 Å². The number of hydrogen-bond acceptors (Lipinski definition) is 5. The van der Waals surface area contributed by atoms with Crippen LogP contribution in [-0.4, -0.2) is 45.3 Å². The Bertz CT molecular complexity index is 1330. The van der Waals surface area contributed by atoms with Crippen LogP contribution in [0.15, 0.2) is 39.6 Å². The Balaban J connectivity index is 1.96. The summed E-state index contributed by atoms with van der Waals surface area (Å²) in [5, 5.41) is 19.0. The van der Waals surface area contributed by atoms with Crippen molar-refractivity contribution in [3.63, 3.8) is 0 Å². The third-order valence-electron chi connectivity index (χ3n) is 5.56. The van der Waals surface area contributed by atoms with E-state index < -0.39 is 17.5 Å². The van der Waals surface area contributed by atoms with Gasteiger partial charge in [-0.15, -0.1) is 0 Å². The molecule has 0 aliphatic carbocycles. The molecule has 2 heterocycles. The number of benzene rings is 2. The predicted octanol–water partition coefficient (Wildman–Crippen LogP) is 3.85. The predicted molar refractivity (Wildman–Crippen MR) is 118 cm³/mol. The Morgan fingerprint density at radius 1 is 1.41 bits per heavy atom. The van der Waals surface area contributed by atoms with Gasteiger partial charge < -0.3 is 14.7 Å². The van der Waals surface area contributed by atoms with Crippen LogP contribution in [0.1, 0.15) is 24.2 Å². The zero-order chi connectivity index (χ0) is 23.0. The monoisotopic (exact) mass is 500 g/mol. The second-order valence-electron chi connectivity index (χ2n) is 7.43. The van der Waals surface area contributed by atoms with Gasteiger partial charge in [0.25, 0.3) is 5.56 Å². The van der Waals surface area contributed by atoms with Crippen LogP contribution in [0.3, 0.4) is 0 Å². The third kappa shape index (κ3) is 3.80. The Kier molecular flexibility index (Phi) is 5.84. The molecule has 8 nitrogen and oxygen atoms in total. The van der Waals surface area contributed by atoms with Crippen LogP contribution in [0.25, 0.3) is 16.6 Å².